The van der Waals surface area contributed by atoms with Crippen LogP contribution in [0.15, 0.2) is 59.5 Å². The normalized spacial score (nSPS) is 11.0. The third-order valence-corrected chi connectivity index (χ3v) is 5.74. The van der Waals surface area contributed by atoms with Crippen LogP contribution in [0.1, 0.15) is 20.7 Å². The van der Waals surface area contributed by atoms with Crippen LogP contribution in [-0.4, -0.2) is 41.7 Å². The van der Waals surface area contributed by atoms with Gasteiger partial charge >= 0.3 is 11.9 Å². The molecule has 3 aromatic carbocycles. The maximum absolute atomic E-state index is 12.9. The first-order chi connectivity index (χ1) is 14.3. The lowest BCUT2D eigenvalue weighted by Gasteiger charge is -2.12. The molecule has 1 N–H and O–H groups in total. The molecule has 3 rings (SSSR count). The first kappa shape index (κ1) is 21.1. The van der Waals surface area contributed by atoms with E-state index in [1.165, 1.54) is 44.6 Å². The van der Waals surface area contributed by atoms with Crippen molar-refractivity contribution >= 4 is 38.4 Å². The molecule has 0 aromatic heterocycles. The zero-order valence-corrected chi connectivity index (χ0v) is 17.3. The van der Waals surface area contributed by atoms with Gasteiger partial charge in [0.1, 0.15) is 5.75 Å². The fraction of sp³-hybridized carbons (Fsp3) is 0.143. The van der Waals surface area contributed by atoms with Crippen LogP contribution in [0.5, 0.6) is 5.75 Å². The van der Waals surface area contributed by atoms with E-state index in [0.29, 0.717) is 11.1 Å². The summed E-state index contributed by atoms with van der Waals surface area (Å²) in [6.07, 6.45) is 0. The van der Waals surface area contributed by atoms with Crippen LogP contribution in [0, 0.1) is 0 Å². The van der Waals surface area contributed by atoms with Crippen molar-refractivity contribution in [2.24, 2.45) is 0 Å². The third kappa shape index (κ3) is 4.36. The van der Waals surface area contributed by atoms with Crippen molar-refractivity contribution in [2.45, 2.75) is 4.90 Å². The zero-order chi connectivity index (χ0) is 21.9. The van der Waals surface area contributed by atoms with E-state index in [0.717, 1.165) is 5.39 Å². The van der Waals surface area contributed by atoms with E-state index in [4.69, 9.17) is 4.74 Å². The van der Waals surface area contributed by atoms with Crippen molar-refractivity contribution in [3.63, 3.8) is 0 Å². The Morgan fingerprint density at radius 2 is 1.33 bits per heavy atom. The van der Waals surface area contributed by atoms with Gasteiger partial charge in [0.15, 0.2) is 0 Å². The van der Waals surface area contributed by atoms with Gasteiger partial charge in [-0.3, -0.25) is 4.72 Å². The highest BCUT2D eigenvalue weighted by Crippen LogP contribution is 2.26. The molecule has 0 spiro atoms. The number of sulfonamides is 1. The lowest BCUT2D eigenvalue weighted by molar-refractivity contribution is 0.0599. The number of rotatable bonds is 6. The standard InChI is InChI=1S/C21H19NO7S/c1-27-18-6-4-14-12-19(7-5-13(14)11-18)30(25,26)22-17-9-15(20(23)28-2)8-16(10-17)21(24)29-3/h4-12,22H,1-3H3. The summed E-state index contributed by atoms with van der Waals surface area (Å²) in [5.41, 5.74) is 0.0283. The van der Waals surface area contributed by atoms with Crippen LogP contribution in [0.4, 0.5) is 5.69 Å². The van der Waals surface area contributed by atoms with Gasteiger partial charge in [0.05, 0.1) is 43.0 Å². The SMILES string of the molecule is COC(=O)c1cc(NS(=O)(=O)c2ccc3cc(OC)ccc3c2)cc(C(=O)OC)c1. The fourth-order valence-electron chi connectivity index (χ4n) is 2.87. The smallest absolute Gasteiger partial charge is 0.337 e. The number of carbonyl (C=O) groups excluding carboxylic acids is 2. The Balaban J connectivity index is 2.00. The number of benzene rings is 3. The second-order valence-electron chi connectivity index (χ2n) is 6.26. The number of carbonyl (C=O) groups is 2. The molecule has 0 saturated heterocycles. The van der Waals surface area contributed by atoms with Crippen molar-refractivity contribution < 1.29 is 32.2 Å². The van der Waals surface area contributed by atoms with E-state index < -0.39 is 22.0 Å². The van der Waals surface area contributed by atoms with E-state index in [9.17, 15) is 18.0 Å². The minimum atomic E-state index is -4.00. The van der Waals surface area contributed by atoms with Gasteiger partial charge in [0.2, 0.25) is 0 Å². The predicted octanol–water partition coefficient (Wildman–Crippen LogP) is 3.22. The number of nitrogens with one attached hydrogen (secondary N) is 1. The van der Waals surface area contributed by atoms with Crippen LogP contribution < -0.4 is 9.46 Å². The Morgan fingerprint density at radius 3 is 1.90 bits per heavy atom. The molecule has 156 valence electrons. The molecule has 0 unspecified atom stereocenters. The molecule has 0 radical (unpaired) electrons. The van der Waals surface area contributed by atoms with Gasteiger partial charge in [-0.05, 0) is 53.2 Å². The largest absolute Gasteiger partial charge is 0.497 e. The molecular formula is C21H19NO7S. The number of hydrogen-bond donors (Lipinski definition) is 1. The Labute approximate surface area is 173 Å². The van der Waals surface area contributed by atoms with E-state index in [1.54, 1.807) is 31.4 Å². The number of fused-ring (bicyclic) bond motifs is 1. The topological polar surface area (TPSA) is 108 Å². The van der Waals surface area contributed by atoms with E-state index in [2.05, 4.69) is 14.2 Å². The third-order valence-electron chi connectivity index (χ3n) is 4.36. The highest BCUT2D eigenvalue weighted by molar-refractivity contribution is 7.92. The average Bonchev–Trinajstić information content (AvgIpc) is 2.76. The molecule has 0 aliphatic rings. The minimum absolute atomic E-state index is 0.00343. The number of methoxy groups -OCH3 is 3. The van der Waals surface area contributed by atoms with Crippen molar-refractivity contribution in [2.75, 3.05) is 26.1 Å². The van der Waals surface area contributed by atoms with Crippen LogP contribution in [-0.2, 0) is 19.5 Å². The van der Waals surface area contributed by atoms with E-state index in [1.807, 2.05) is 0 Å². The Hall–Kier alpha value is -3.59. The molecule has 0 heterocycles. The summed E-state index contributed by atoms with van der Waals surface area (Å²) < 4.78 is 42.7. The fourth-order valence-corrected chi connectivity index (χ4v) is 3.94. The first-order valence-corrected chi connectivity index (χ1v) is 10.2. The van der Waals surface area contributed by atoms with Gasteiger partial charge in [-0.1, -0.05) is 12.1 Å². The van der Waals surface area contributed by atoms with Crippen molar-refractivity contribution in [3.8, 4) is 5.75 Å². The van der Waals surface area contributed by atoms with Crippen molar-refractivity contribution in [3.05, 3.63) is 65.7 Å². The summed E-state index contributed by atoms with van der Waals surface area (Å²) >= 11 is 0. The number of esters is 2. The molecule has 3 aromatic rings. The quantitative estimate of drug-likeness (QED) is 0.599. The minimum Gasteiger partial charge on any atom is -0.497 e. The number of hydrogen-bond acceptors (Lipinski definition) is 7. The van der Waals surface area contributed by atoms with Gasteiger partial charge in [-0.15, -0.1) is 0 Å². The Morgan fingerprint density at radius 1 is 0.767 bits per heavy atom. The highest BCUT2D eigenvalue weighted by atomic mass is 32.2. The predicted molar refractivity (Wildman–Crippen MR) is 110 cm³/mol. The molecule has 0 amide bonds. The number of anilines is 1. The molecule has 8 nitrogen and oxygen atoms in total. The van der Waals surface area contributed by atoms with Gasteiger partial charge in [-0.25, -0.2) is 18.0 Å². The summed E-state index contributed by atoms with van der Waals surface area (Å²) in [5, 5.41) is 1.52. The van der Waals surface area contributed by atoms with Gasteiger partial charge in [0.25, 0.3) is 10.0 Å². The molecule has 0 aliphatic carbocycles. The first-order valence-electron chi connectivity index (χ1n) is 8.70. The molecule has 9 heteroatoms. The second-order valence-corrected chi connectivity index (χ2v) is 7.94. The van der Waals surface area contributed by atoms with Gasteiger partial charge < -0.3 is 14.2 Å². The lowest BCUT2D eigenvalue weighted by Crippen LogP contribution is -2.15. The van der Waals surface area contributed by atoms with Crippen LogP contribution in [0.3, 0.4) is 0 Å². The van der Waals surface area contributed by atoms with Crippen molar-refractivity contribution in [1.29, 1.82) is 0 Å². The zero-order valence-electron chi connectivity index (χ0n) is 16.5. The molecule has 0 bridgehead atoms. The Bertz CT molecular complexity index is 1200. The summed E-state index contributed by atoms with van der Waals surface area (Å²) in [6.45, 7) is 0. The molecule has 0 atom stereocenters. The Kier molecular flexibility index (Phi) is 5.93. The van der Waals surface area contributed by atoms with Crippen LogP contribution in [0.2, 0.25) is 0 Å². The van der Waals surface area contributed by atoms with E-state index in [-0.39, 0.29) is 21.7 Å². The molecule has 0 fully saturated rings. The summed E-state index contributed by atoms with van der Waals surface area (Å²) in [6, 6.07) is 13.7. The summed E-state index contributed by atoms with van der Waals surface area (Å²) in [4.78, 5) is 23.8. The highest BCUT2D eigenvalue weighted by Gasteiger charge is 2.19. The molecule has 0 aliphatic heterocycles. The lowest BCUT2D eigenvalue weighted by atomic mass is 10.1. The summed E-state index contributed by atoms with van der Waals surface area (Å²) in [7, 11) is -0.0906. The average molecular weight is 429 g/mol. The maximum Gasteiger partial charge on any atom is 0.337 e. The van der Waals surface area contributed by atoms with Crippen LogP contribution >= 0.6 is 0 Å². The monoisotopic (exact) mass is 429 g/mol. The second kappa shape index (κ2) is 8.42. The summed E-state index contributed by atoms with van der Waals surface area (Å²) in [5.74, 6) is -0.784. The molecule has 0 saturated carbocycles. The molecular weight excluding hydrogens is 410 g/mol. The van der Waals surface area contributed by atoms with E-state index >= 15 is 0 Å². The van der Waals surface area contributed by atoms with Gasteiger partial charge in [-0.2, -0.15) is 0 Å². The van der Waals surface area contributed by atoms with Crippen molar-refractivity contribution in [1.82, 2.24) is 0 Å². The maximum atomic E-state index is 12.9. The molecule has 30 heavy (non-hydrogen) atoms. The van der Waals surface area contributed by atoms with Gasteiger partial charge in [0, 0.05) is 0 Å². The van der Waals surface area contributed by atoms with Crippen LogP contribution in [0.25, 0.3) is 10.8 Å². The number of ether oxygens (including phenoxy) is 3.